The van der Waals surface area contributed by atoms with E-state index in [0.717, 1.165) is 11.1 Å². The Kier molecular flexibility index (Phi) is 3.98. The monoisotopic (exact) mass is 374 g/mol. The second kappa shape index (κ2) is 6.22. The van der Waals surface area contributed by atoms with E-state index in [4.69, 9.17) is 0 Å². The molecule has 0 bridgehead atoms. The fourth-order valence-electron chi connectivity index (χ4n) is 3.34. The number of hydrogen-bond acceptors (Lipinski definition) is 4. The van der Waals surface area contributed by atoms with Crippen LogP contribution in [-0.4, -0.2) is 29.1 Å². The van der Waals surface area contributed by atoms with Gasteiger partial charge in [-0.05, 0) is 23.3 Å². The van der Waals surface area contributed by atoms with Crippen LogP contribution in [0.3, 0.4) is 0 Å². The standard InChI is InChI=1S/C19H16F2N2O4/c1-11(24)23-10-13-5-3-2-4-12(13)8-15(23)18(25)22-14-6-7-16-17(9-14)27-19(20,21)26-16/h2-7,9,15H,8,10H2,1H3,(H,22,25). The van der Waals surface area contributed by atoms with Crippen molar-refractivity contribution in [3.8, 4) is 11.5 Å². The summed E-state index contributed by atoms with van der Waals surface area (Å²) in [6, 6.07) is 10.9. The first-order chi connectivity index (χ1) is 12.8. The summed E-state index contributed by atoms with van der Waals surface area (Å²) in [5, 5.41) is 2.67. The van der Waals surface area contributed by atoms with Gasteiger partial charge >= 0.3 is 6.29 Å². The summed E-state index contributed by atoms with van der Waals surface area (Å²) in [7, 11) is 0. The Morgan fingerprint density at radius 1 is 1.11 bits per heavy atom. The molecule has 0 spiro atoms. The fourth-order valence-corrected chi connectivity index (χ4v) is 3.34. The van der Waals surface area contributed by atoms with Crippen molar-refractivity contribution in [2.24, 2.45) is 0 Å². The molecule has 6 nitrogen and oxygen atoms in total. The molecule has 27 heavy (non-hydrogen) atoms. The summed E-state index contributed by atoms with van der Waals surface area (Å²) in [4.78, 5) is 26.3. The number of anilines is 1. The number of hydrogen-bond donors (Lipinski definition) is 1. The highest BCUT2D eigenvalue weighted by molar-refractivity contribution is 5.97. The molecule has 8 heteroatoms. The van der Waals surface area contributed by atoms with Crippen LogP contribution in [0.1, 0.15) is 18.1 Å². The maximum Gasteiger partial charge on any atom is 0.586 e. The highest BCUT2D eigenvalue weighted by Gasteiger charge is 2.43. The lowest BCUT2D eigenvalue weighted by atomic mass is 9.93. The number of benzene rings is 2. The number of carbonyl (C=O) groups excluding carboxylic acids is 2. The van der Waals surface area contributed by atoms with Gasteiger partial charge in [0.05, 0.1) is 0 Å². The van der Waals surface area contributed by atoms with Crippen LogP contribution in [0, 0.1) is 0 Å². The molecule has 2 aromatic carbocycles. The molecule has 0 radical (unpaired) electrons. The lowest BCUT2D eigenvalue weighted by Crippen LogP contribution is -2.49. The zero-order chi connectivity index (χ0) is 19.2. The summed E-state index contributed by atoms with van der Waals surface area (Å²) in [5.74, 6) is -0.870. The number of nitrogens with one attached hydrogen (secondary N) is 1. The fraction of sp³-hybridized carbons (Fsp3) is 0.263. The van der Waals surface area contributed by atoms with Crippen molar-refractivity contribution in [1.82, 2.24) is 4.90 Å². The molecule has 2 aliphatic rings. The quantitative estimate of drug-likeness (QED) is 0.878. The van der Waals surface area contributed by atoms with E-state index in [-0.39, 0.29) is 23.1 Å². The topological polar surface area (TPSA) is 67.9 Å². The summed E-state index contributed by atoms with van der Waals surface area (Å²) < 4.78 is 35.0. The number of rotatable bonds is 2. The van der Waals surface area contributed by atoms with Gasteiger partial charge in [-0.25, -0.2) is 0 Å². The van der Waals surface area contributed by atoms with Gasteiger partial charge in [0.2, 0.25) is 11.8 Å². The van der Waals surface area contributed by atoms with Gasteiger partial charge in [-0.1, -0.05) is 24.3 Å². The molecule has 2 amide bonds. The molecule has 140 valence electrons. The van der Waals surface area contributed by atoms with Crippen LogP contribution in [0.4, 0.5) is 14.5 Å². The van der Waals surface area contributed by atoms with Crippen molar-refractivity contribution in [2.45, 2.75) is 32.2 Å². The van der Waals surface area contributed by atoms with E-state index in [9.17, 15) is 18.4 Å². The zero-order valence-electron chi connectivity index (χ0n) is 14.4. The van der Waals surface area contributed by atoms with Crippen LogP contribution >= 0.6 is 0 Å². The number of nitrogens with zero attached hydrogens (tertiary/aromatic N) is 1. The van der Waals surface area contributed by atoms with Crippen LogP contribution in [0.5, 0.6) is 11.5 Å². The van der Waals surface area contributed by atoms with Gasteiger partial charge in [0, 0.05) is 31.6 Å². The molecule has 1 unspecified atom stereocenters. The second-order valence-corrected chi connectivity index (χ2v) is 6.45. The number of amides is 2. The van der Waals surface area contributed by atoms with E-state index in [1.54, 1.807) is 0 Å². The molecule has 4 rings (SSSR count). The Bertz CT molecular complexity index is 932. The Labute approximate surface area is 153 Å². The van der Waals surface area contributed by atoms with Gasteiger partial charge < -0.3 is 19.7 Å². The van der Waals surface area contributed by atoms with Crippen LogP contribution in [0.25, 0.3) is 0 Å². The maximum atomic E-state index is 13.1. The number of halogens is 2. The predicted octanol–water partition coefficient (Wildman–Crippen LogP) is 2.92. The molecule has 0 fully saturated rings. The Morgan fingerprint density at radius 3 is 2.56 bits per heavy atom. The van der Waals surface area contributed by atoms with Gasteiger partial charge in [-0.3, -0.25) is 9.59 Å². The van der Waals surface area contributed by atoms with Crippen molar-refractivity contribution < 1.29 is 27.8 Å². The lowest BCUT2D eigenvalue weighted by molar-refractivity contribution is -0.286. The SMILES string of the molecule is CC(=O)N1Cc2ccccc2CC1C(=O)Nc1ccc2c(c1)OC(F)(F)O2. The summed E-state index contributed by atoms with van der Waals surface area (Å²) in [6.45, 7) is 1.76. The van der Waals surface area contributed by atoms with E-state index in [0.29, 0.717) is 13.0 Å². The smallest absolute Gasteiger partial charge is 0.395 e. The van der Waals surface area contributed by atoms with Crippen molar-refractivity contribution in [3.05, 3.63) is 53.6 Å². The molecule has 2 heterocycles. The van der Waals surface area contributed by atoms with Crippen molar-refractivity contribution in [2.75, 3.05) is 5.32 Å². The molecule has 2 aliphatic heterocycles. The number of carbonyl (C=O) groups is 2. The molecule has 1 atom stereocenters. The minimum absolute atomic E-state index is 0.102. The Hall–Kier alpha value is -3.16. The van der Waals surface area contributed by atoms with Crippen molar-refractivity contribution in [1.29, 1.82) is 0 Å². The number of ether oxygens (including phenoxy) is 2. The first kappa shape index (κ1) is 17.3. The normalized spacial score (nSPS) is 19.4. The molecular weight excluding hydrogens is 358 g/mol. The largest absolute Gasteiger partial charge is 0.586 e. The third-order valence-electron chi connectivity index (χ3n) is 4.62. The van der Waals surface area contributed by atoms with Gasteiger partial charge in [-0.2, -0.15) is 0 Å². The molecule has 1 N–H and O–H groups in total. The van der Waals surface area contributed by atoms with Gasteiger partial charge in [0.15, 0.2) is 11.5 Å². The lowest BCUT2D eigenvalue weighted by Gasteiger charge is -2.35. The van der Waals surface area contributed by atoms with Gasteiger partial charge in [-0.15, -0.1) is 8.78 Å². The number of fused-ring (bicyclic) bond motifs is 2. The summed E-state index contributed by atoms with van der Waals surface area (Å²) in [6.07, 6.45) is -3.34. The van der Waals surface area contributed by atoms with Crippen LogP contribution in [0.2, 0.25) is 0 Å². The van der Waals surface area contributed by atoms with Crippen molar-refractivity contribution >= 4 is 17.5 Å². The van der Waals surface area contributed by atoms with E-state index < -0.39 is 18.2 Å². The van der Waals surface area contributed by atoms with Crippen molar-refractivity contribution in [3.63, 3.8) is 0 Å². The average molecular weight is 374 g/mol. The molecular formula is C19H16F2N2O4. The minimum Gasteiger partial charge on any atom is -0.395 e. The number of alkyl halides is 2. The third-order valence-corrected chi connectivity index (χ3v) is 4.62. The summed E-state index contributed by atoms with van der Waals surface area (Å²) >= 11 is 0. The van der Waals surface area contributed by atoms with E-state index in [1.807, 2.05) is 24.3 Å². The van der Waals surface area contributed by atoms with Crippen LogP contribution in [-0.2, 0) is 22.6 Å². The molecule has 0 saturated heterocycles. The first-order valence-corrected chi connectivity index (χ1v) is 8.37. The minimum atomic E-state index is -3.72. The molecule has 2 aromatic rings. The third kappa shape index (κ3) is 3.30. The average Bonchev–Trinajstić information content (AvgIpc) is 2.93. The van der Waals surface area contributed by atoms with E-state index in [2.05, 4.69) is 14.8 Å². The Balaban J connectivity index is 1.55. The van der Waals surface area contributed by atoms with E-state index >= 15 is 0 Å². The molecule has 0 saturated carbocycles. The Morgan fingerprint density at radius 2 is 1.81 bits per heavy atom. The molecule has 0 aliphatic carbocycles. The van der Waals surface area contributed by atoms with Crippen LogP contribution in [0.15, 0.2) is 42.5 Å². The first-order valence-electron chi connectivity index (χ1n) is 8.37. The predicted molar refractivity (Wildman–Crippen MR) is 91.4 cm³/mol. The maximum absolute atomic E-state index is 13.1. The molecule has 0 aromatic heterocycles. The van der Waals surface area contributed by atoms with Gasteiger partial charge in [0.25, 0.3) is 0 Å². The highest BCUT2D eigenvalue weighted by Crippen LogP contribution is 2.42. The van der Waals surface area contributed by atoms with Gasteiger partial charge in [0.1, 0.15) is 6.04 Å². The second-order valence-electron chi connectivity index (χ2n) is 6.45. The van der Waals surface area contributed by atoms with E-state index in [1.165, 1.54) is 30.0 Å². The summed E-state index contributed by atoms with van der Waals surface area (Å²) in [5.41, 5.74) is 2.28. The highest BCUT2D eigenvalue weighted by atomic mass is 19.3. The zero-order valence-corrected chi connectivity index (χ0v) is 14.4. The van der Waals surface area contributed by atoms with Crippen LogP contribution < -0.4 is 14.8 Å².